The molecule has 0 saturated heterocycles. The first-order valence-corrected chi connectivity index (χ1v) is 5.05. The lowest BCUT2D eigenvalue weighted by Crippen LogP contribution is -2.05. The lowest BCUT2D eigenvalue weighted by Gasteiger charge is -2.06. The molecule has 16 heavy (non-hydrogen) atoms. The first kappa shape index (κ1) is 10.7. The molecule has 82 valence electrons. The molecule has 0 amide bonds. The quantitative estimate of drug-likeness (QED) is 0.889. The summed E-state index contributed by atoms with van der Waals surface area (Å²) in [4.78, 5) is 10.7. The number of rotatable bonds is 3. The third-order valence-electron chi connectivity index (χ3n) is 2.13. The highest BCUT2D eigenvalue weighted by molar-refractivity contribution is 6.30. The van der Waals surface area contributed by atoms with Crippen molar-refractivity contribution < 1.29 is 9.90 Å². The smallest absolute Gasteiger partial charge is 0.307 e. The van der Waals surface area contributed by atoms with E-state index in [-0.39, 0.29) is 6.42 Å². The summed E-state index contributed by atoms with van der Waals surface area (Å²) < 4.78 is 1.57. The highest BCUT2D eigenvalue weighted by atomic mass is 35.5. The van der Waals surface area contributed by atoms with Gasteiger partial charge in [0.05, 0.1) is 23.3 Å². The average molecular weight is 237 g/mol. The molecule has 1 heterocycles. The molecule has 2 aromatic rings. The van der Waals surface area contributed by atoms with Crippen LogP contribution in [0.15, 0.2) is 36.7 Å². The summed E-state index contributed by atoms with van der Waals surface area (Å²) in [6.07, 6.45) is 3.12. The third-order valence-corrected chi connectivity index (χ3v) is 2.33. The molecule has 0 aliphatic rings. The number of aromatic nitrogens is 2. The number of aliphatic carboxylic acids is 1. The van der Waals surface area contributed by atoms with Gasteiger partial charge in [-0.1, -0.05) is 29.8 Å². The van der Waals surface area contributed by atoms with Crippen LogP contribution in [0.2, 0.25) is 5.02 Å². The Morgan fingerprint density at radius 1 is 1.44 bits per heavy atom. The average Bonchev–Trinajstić information content (AvgIpc) is 2.65. The monoisotopic (exact) mass is 236 g/mol. The number of benzene rings is 1. The molecule has 0 aliphatic heterocycles. The number of carboxylic acid groups (broad SMARTS) is 1. The maximum Gasteiger partial charge on any atom is 0.307 e. The Bertz CT molecular complexity index is 522. The summed E-state index contributed by atoms with van der Waals surface area (Å²) in [5.41, 5.74) is 1.44. The molecule has 0 bridgehead atoms. The number of halogens is 1. The van der Waals surface area contributed by atoms with Crippen LogP contribution in [0, 0.1) is 0 Å². The molecule has 2 rings (SSSR count). The standard InChI is InChI=1S/C11H9ClN2O2/c12-9-6-13-14(7-9)10-4-2-1-3-8(10)5-11(15)16/h1-4,6-7H,5H2,(H,15,16). The molecule has 0 radical (unpaired) electrons. The van der Waals surface area contributed by atoms with Gasteiger partial charge >= 0.3 is 5.97 Å². The Labute approximate surface area is 97.1 Å². The van der Waals surface area contributed by atoms with Crippen LogP contribution in [-0.4, -0.2) is 20.9 Å². The molecule has 0 spiro atoms. The number of carboxylic acids is 1. The van der Waals surface area contributed by atoms with Crippen molar-refractivity contribution in [2.24, 2.45) is 0 Å². The van der Waals surface area contributed by atoms with Crippen molar-refractivity contribution in [2.45, 2.75) is 6.42 Å². The Kier molecular flexibility index (Phi) is 2.92. The first-order valence-electron chi connectivity index (χ1n) is 4.67. The number of nitrogens with zero attached hydrogens (tertiary/aromatic N) is 2. The number of para-hydroxylation sites is 1. The van der Waals surface area contributed by atoms with Crippen LogP contribution in [0.4, 0.5) is 0 Å². The van der Waals surface area contributed by atoms with Crippen LogP contribution in [0.5, 0.6) is 0 Å². The van der Waals surface area contributed by atoms with Gasteiger partial charge in [-0.3, -0.25) is 4.79 Å². The van der Waals surface area contributed by atoms with E-state index < -0.39 is 5.97 Å². The van der Waals surface area contributed by atoms with Crippen molar-refractivity contribution in [1.29, 1.82) is 0 Å². The van der Waals surface area contributed by atoms with E-state index in [0.717, 1.165) is 5.69 Å². The fourth-order valence-electron chi connectivity index (χ4n) is 1.48. The molecule has 0 aliphatic carbocycles. The van der Waals surface area contributed by atoms with Gasteiger partial charge in [0, 0.05) is 6.20 Å². The van der Waals surface area contributed by atoms with Gasteiger partial charge in [-0.05, 0) is 11.6 Å². The van der Waals surface area contributed by atoms with Gasteiger partial charge in [-0.15, -0.1) is 0 Å². The summed E-state index contributed by atoms with van der Waals surface area (Å²) >= 11 is 5.77. The number of hydrogen-bond donors (Lipinski definition) is 1. The van der Waals surface area contributed by atoms with Gasteiger partial charge in [-0.25, -0.2) is 4.68 Å². The Balaban J connectivity index is 2.43. The predicted molar refractivity (Wildman–Crippen MR) is 59.9 cm³/mol. The van der Waals surface area contributed by atoms with Crippen LogP contribution < -0.4 is 0 Å². The zero-order valence-electron chi connectivity index (χ0n) is 8.30. The third kappa shape index (κ3) is 2.23. The zero-order valence-corrected chi connectivity index (χ0v) is 9.05. The van der Waals surface area contributed by atoms with Crippen molar-refractivity contribution in [3.8, 4) is 5.69 Å². The van der Waals surface area contributed by atoms with E-state index in [9.17, 15) is 4.79 Å². The van der Waals surface area contributed by atoms with E-state index in [2.05, 4.69) is 5.10 Å². The summed E-state index contributed by atoms with van der Waals surface area (Å²) in [5, 5.41) is 13.4. The molecular weight excluding hydrogens is 228 g/mol. The summed E-state index contributed by atoms with van der Waals surface area (Å²) in [7, 11) is 0. The van der Waals surface area contributed by atoms with E-state index in [4.69, 9.17) is 16.7 Å². The summed E-state index contributed by atoms with van der Waals surface area (Å²) in [6.45, 7) is 0. The molecule has 0 saturated carbocycles. The van der Waals surface area contributed by atoms with Crippen LogP contribution in [0.1, 0.15) is 5.56 Å². The maximum atomic E-state index is 10.7. The molecule has 0 fully saturated rings. The summed E-state index contributed by atoms with van der Waals surface area (Å²) in [6, 6.07) is 7.20. The Morgan fingerprint density at radius 2 is 2.19 bits per heavy atom. The molecule has 1 N–H and O–H groups in total. The van der Waals surface area contributed by atoms with E-state index in [1.165, 1.54) is 6.20 Å². The van der Waals surface area contributed by atoms with Gasteiger partial charge in [-0.2, -0.15) is 5.10 Å². The fraction of sp³-hybridized carbons (Fsp3) is 0.0909. The second-order valence-corrected chi connectivity index (χ2v) is 3.74. The second-order valence-electron chi connectivity index (χ2n) is 3.30. The Hall–Kier alpha value is -1.81. The molecule has 0 atom stereocenters. The summed E-state index contributed by atoms with van der Waals surface area (Å²) in [5.74, 6) is -0.870. The normalized spacial score (nSPS) is 10.3. The van der Waals surface area contributed by atoms with Crippen molar-refractivity contribution in [3.05, 3.63) is 47.2 Å². The number of carbonyl (C=O) groups is 1. The van der Waals surface area contributed by atoms with E-state index in [1.807, 2.05) is 12.1 Å². The molecule has 1 aromatic heterocycles. The highest BCUT2D eigenvalue weighted by Crippen LogP contribution is 2.16. The van der Waals surface area contributed by atoms with Crippen LogP contribution in [-0.2, 0) is 11.2 Å². The van der Waals surface area contributed by atoms with E-state index in [0.29, 0.717) is 10.6 Å². The Morgan fingerprint density at radius 3 is 2.81 bits per heavy atom. The fourth-order valence-corrected chi connectivity index (χ4v) is 1.62. The predicted octanol–water partition coefficient (Wildman–Crippen LogP) is 2.15. The largest absolute Gasteiger partial charge is 0.481 e. The van der Waals surface area contributed by atoms with Gasteiger partial charge in [0.25, 0.3) is 0 Å². The van der Waals surface area contributed by atoms with Crippen molar-refractivity contribution in [3.63, 3.8) is 0 Å². The van der Waals surface area contributed by atoms with Crippen molar-refractivity contribution in [1.82, 2.24) is 9.78 Å². The molecule has 5 heteroatoms. The van der Waals surface area contributed by atoms with Crippen LogP contribution >= 0.6 is 11.6 Å². The molecule has 4 nitrogen and oxygen atoms in total. The lowest BCUT2D eigenvalue weighted by atomic mass is 10.1. The van der Waals surface area contributed by atoms with E-state index >= 15 is 0 Å². The highest BCUT2D eigenvalue weighted by Gasteiger charge is 2.08. The van der Waals surface area contributed by atoms with Crippen LogP contribution in [0.25, 0.3) is 5.69 Å². The lowest BCUT2D eigenvalue weighted by molar-refractivity contribution is -0.136. The minimum absolute atomic E-state index is 0.0341. The van der Waals surface area contributed by atoms with Gasteiger partial charge in [0.2, 0.25) is 0 Å². The van der Waals surface area contributed by atoms with Gasteiger partial charge in [0.1, 0.15) is 0 Å². The molecular formula is C11H9ClN2O2. The SMILES string of the molecule is O=C(O)Cc1ccccc1-n1cc(Cl)cn1. The first-order chi connectivity index (χ1) is 7.66. The topological polar surface area (TPSA) is 55.1 Å². The van der Waals surface area contributed by atoms with Gasteiger partial charge < -0.3 is 5.11 Å². The van der Waals surface area contributed by atoms with Crippen molar-refractivity contribution in [2.75, 3.05) is 0 Å². The molecule has 1 aromatic carbocycles. The van der Waals surface area contributed by atoms with E-state index in [1.54, 1.807) is 23.0 Å². The molecule has 0 unspecified atom stereocenters. The maximum absolute atomic E-state index is 10.7. The zero-order chi connectivity index (χ0) is 11.5. The minimum atomic E-state index is -0.870. The second kappa shape index (κ2) is 4.37. The van der Waals surface area contributed by atoms with Gasteiger partial charge in [0.15, 0.2) is 0 Å². The number of hydrogen-bond acceptors (Lipinski definition) is 2. The minimum Gasteiger partial charge on any atom is -0.481 e. The van der Waals surface area contributed by atoms with Crippen LogP contribution in [0.3, 0.4) is 0 Å². The van der Waals surface area contributed by atoms with Crippen molar-refractivity contribution >= 4 is 17.6 Å².